The molecule has 2 saturated carbocycles. The van der Waals surface area contributed by atoms with E-state index in [0.29, 0.717) is 17.6 Å². The average molecular weight is 292 g/mol. The molecule has 1 N–H and O–H groups in total. The van der Waals surface area contributed by atoms with E-state index in [2.05, 4.69) is 5.16 Å². The van der Waals surface area contributed by atoms with Crippen molar-refractivity contribution in [3.8, 4) is 0 Å². The number of aliphatic hydroxyl groups is 1. The second kappa shape index (κ2) is 5.44. The molecule has 3 rings (SSSR count). The van der Waals surface area contributed by atoms with E-state index in [0.717, 1.165) is 31.4 Å². The number of aromatic nitrogens is 1. The van der Waals surface area contributed by atoms with E-state index in [9.17, 15) is 9.90 Å². The molecule has 2 fully saturated rings. The van der Waals surface area contributed by atoms with Gasteiger partial charge in [0.05, 0.1) is 11.8 Å². The molecule has 2 aliphatic carbocycles. The Labute approximate surface area is 125 Å². The second-order valence-electron chi connectivity index (χ2n) is 6.96. The summed E-state index contributed by atoms with van der Waals surface area (Å²) in [4.78, 5) is 14.3. The summed E-state index contributed by atoms with van der Waals surface area (Å²) in [5.41, 5.74) is 0.818. The van der Waals surface area contributed by atoms with E-state index in [1.54, 1.807) is 11.0 Å². The standard InChI is InChI=1S/C16H24N2O3/c1-9(2)14-8-15(21-17-14)16(20)18(3)12-4-10-6-13(19)7-11(10)5-12/h8-13,19H,4-7H2,1-3H3/t10-,11+,12?,13?. The van der Waals surface area contributed by atoms with Crippen LogP contribution in [0, 0.1) is 11.8 Å². The quantitative estimate of drug-likeness (QED) is 0.929. The second-order valence-corrected chi connectivity index (χ2v) is 6.96. The van der Waals surface area contributed by atoms with Gasteiger partial charge in [0.15, 0.2) is 0 Å². The van der Waals surface area contributed by atoms with Crippen molar-refractivity contribution in [1.82, 2.24) is 10.1 Å². The van der Waals surface area contributed by atoms with E-state index < -0.39 is 0 Å². The first kappa shape index (κ1) is 14.6. The lowest BCUT2D eigenvalue weighted by atomic mass is 10.0. The lowest BCUT2D eigenvalue weighted by Gasteiger charge is -2.24. The molecule has 2 aliphatic rings. The highest BCUT2D eigenvalue weighted by Crippen LogP contribution is 2.45. The molecule has 116 valence electrons. The van der Waals surface area contributed by atoms with E-state index in [1.807, 2.05) is 20.9 Å². The number of rotatable bonds is 3. The summed E-state index contributed by atoms with van der Waals surface area (Å²) in [5.74, 6) is 1.65. The topological polar surface area (TPSA) is 66.6 Å². The molecular weight excluding hydrogens is 268 g/mol. The van der Waals surface area contributed by atoms with Crippen molar-refractivity contribution in [3.05, 3.63) is 17.5 Å². The molecule has 0 aliphatic heterocycles. The van der Waals surface area contributed by atoms with Crippen LogP contribution in [0.2, 0.25) is 0 Å². The van der Waals surface area contributed by atoms with Gasteiger partial charge in [0, 0.05) is 19.2 Å². The van der Waals surface area contributed by atoms with Gasteiger partial charge in [0.2, 0.25) is 5.76 Å². The number of carbonyl (C=O) groups excluding carboxylic acids is 1. The predicted octanol–water partition coefficient (Wildman–Crippen LogP) is 2.42. The zero-order valence-corrected chi connectivity index (χ0v) is 13.0. The lowest BCUT2D eigenvalue weighted by Crippen LogP contribution is -2.35. The molecule has 1 aromatic heterocycles. The number of hydrogen-bond acceptors (Lipinski definition) is 4. The Morgan fingerprint density at radius 2 is 1.95 bits per heavy atom. The van der Waals surface area contributed by atoms with E-state index in [-0.39, 0.29) is 24.0 Å². The highest BCUT2D eigenvalue weighted by atomic mass is 16.5. The molecule has 5 nitrogen and oxygen atoms in total. The van der Waals surface area contributed by atoms with Crippen LogP contribution in [0.4, 0.5) is 0 Å². The van der Waals surface area contributed by atoms with Gasteiger partial charge in [-0.1, -0.05) is 19.0 Å². The third kappa shape index (κ3) is 2.71. The maximum Gasteiger partial charge on any atom is 0.292 e. The van der Waals surface area contributed by atoms with E-state index in [4.69, 9.17) is 4.52 Å². The van der Waals surface area contributed by atoms with Crippen LogP contribution in [0.3, 0.4) is 0 Å². The zero-order valence-electron chi connectivity index (χ0n) is 13.0. The normalized spacial score (nSPS) is 31.7. The fourth-order valence-corrected chi connectivity index (χ4v) is 3.87. The Balaban J connectivity index is 1.65. The minimum Gasteiger partial charge on any atom is -0.393 e. The van der Waals surface area contributed by atoms with Crippen LogP contribution < -0.4 is 0 Å². The van der Waals surface area contributed by atoms with Crippen molar-refractivity contribution in [2.45, 2.75) is 57.6 Å². The Morgan fingerprint density at radius 3 is 2.48 bits per heavy atom. The van der Waals surface area contributed by atoms with Crippen LogP contribution in [0.15, 0.2) is 10.6 Å². The maximum atomic E-state index is 12.5. The largest absolute Gasteiger partial charge is 0.393 e. The van der Waals surface area contributed by atoms with Crippen molar-refractivity contribution in [2.24, 2.45) is 11.8 Å². The van der Waals surface area contributed by atoms with Gasteiger partial charge in [-0.15, -0.1) is 0 Å². The Bertz CT molecular complexity index is 511. The third-order valence-corrected chi connectivity index (χ3v) is 5.16. The molecule has 0 aromatic carbocycles. The minimum absolute atomic E-state index is 0.0834. The van der Waals surface area contributed by atoms with Crippen LogP contribution >= 0.6 is 0 Å². The number of amides is 1. The number of hydrogen-bond donors (Lipinski definition) is 1. The van der Waals surface area contributed by atoms with Crippen molar-refractivity contribution >= 4 is 5.91 Å². The monoisotopic (exact) mass is 292 g/mol. The Kier molecular flexibility index (Phi) is 3.78. The van der Waals surface area contributed by atoms with E-state index in [1.165, 1.54) is 0 Å². The molecular formula is C16H24N2O3. The molecule has 0 spiro atoms. The Morgan fingerprint density at radius 1 is 1.33 bits per heavy atom. The fourth-order valence-electron chi connectivity index (χ4n) is 3.87. The number of aliphatic hydroxyl groups excluding tert-OH is 1. The first-order chi connectivity index (χ1) is 9.95. The molecule has 21 heavy (non-hydrogen) atoms. The highest BCUT2D eigenvalue weighted by molar-refractivity contribution is 5.91. The Hall–Kier alpha value is -1.36. The van der Waals surface area contributed by atoms with Gasteiger partial charge in [-0.05, 0) is 43.4 Å². The molecule has 1 amide bonds. The molecule has 4 atom stereocenters. The van der Waals surface area contributed by atoms with Crippen LogP contribution in [-0.2, 0) is 0 Å². The smallest absolute Gasteiger partial charge is 0.292 e. The van der Waals surface area contributed by atoms with Gasteiger partial charge in [-0.2, -0.15) is 0 Å². The minimum atomic E-state index is -0.134. The first-order valence-corrected chi connectivity index (χ1v) is 7.87. The molecule has 5 heteroatoms. The van der Waals surface area contributed by atoms with Crippen molar-refractivity contribution in [1.29, 1.82) is 0 Å². The van der Waals surface area contributed by atoms with Gasteiger partial charge in [0.1, 0.15) is 0 Å². The lowest BCUT2D eigenvalue weighted by molar-refractivity contribution is 0.0680. The summed E-state index contributed by atoms with van der Waals surface area (Å²) >= 11 is 0. The third-order valence-electron chi connectivity index (χ3n) is 5.16. The summed E-state index contributed by atoms with van der Waals surface area (Å²) in [6, 6.07) is 2.01. The average Bonchev–Trinajstić information content (AvgIpc) is 3.09. The number of fused-ring (bicyclic) bond motifs is 1. The molecule has 0 radical (unpaired) electrons. The molecule has 0 bridgehead atoms. The van der Waals surface area contributed by atoms with Gasteiger partial charge < -0.3 is 14.5 Å². The molecule has 0 saturated heterocycles. The van der Waals surface area contributed by atoms with E-state index >= 15 is 0 Å². The predicted molar refractivity (Wildman–Crippen MR) is 77.9 cm³/mol. The maximum absolute atomic E-state index is 12.5. The molecule has 2 unspecified atom stereocenters. The van der Waals surface area contributed by atoms with Crippen LogP contribution in [-0.4, -0.2) is 40.3 Å². The van der Waals surface area contributed by atoms with Crippen molar-refractivity contribution < 1.29 is 14.4 Å². The van der Waals surface area contributed by atoms with Gasteiger partial charge in [0.25, 0.3) is 5.91 Å². The SMILES string of the molecule is CC(C)c1cc(C(=O)N(C)C2C[C@H]3CC(O)C[C@H]3C2)on1. The first-order valence-electron chi connectivity index (χ1n) is 7.87. The van der Waals surface area contributed by atoms with Crippen LogP contribution in [0.5, 0.6) is 0 Å². The highest BCUT2D eigenvalue weighted by Gasteiger charge is 2.43. The van der Waals surface area contributed by atoms with Crippen LogP contribution in [0.1, 0.15) is 61.7 Å². The number of carbonyl (C=O) groups is 1. The summed E-state index contributed by atoms with van der Waals surface area (Å²) in [6.45, 7) is 4.05. The van der Waals surface area contributed by atoms with Gasteiger partial charge >= 0.3 is 0 Å². The van der Waals surface area contributed by atoms with Gasteiger partial charge in [-0.3, -0.25) is 4.79 Å². The zero-order chi connectivity index (χ0) is 15.1. The fraction of sp³-hybridized carbons (Fsp3) is 0.750. The van der Waals surface area contributed by atoms with Gasteiger partial charge in [-0.25, -0.2) is 0 Å². The summed E-state index contributed by atoms with van der Waals surface area (Å²) < 4.78 is 5.20. The summed E-state index contributed by atoms with van der Waals surface area (Å²) in [5, 5.41) is 13.7. The number of nitrogens with zero attached hydrogens (tertiary/aromatic N) is 2. The summed E-state index contributed by atoms with van der Waals surface area (Å²) in [7, 11) is 1.85. The van der Waals surface area contributed by atoms with Crippen molar-refractivity contribution in [3.63, 3.8) is 0 Å². The van der Waals surface area contributed by atoms with Crippen LogP contribution in [0.25, 0.3) is 0 Å². The molecule has 1 aromatic rings. The van der Waals surface area contributed by atoms with Crippen molar-refractivity contribution in [2.75, 3.05) is 7.05 Å². The summed E-state index contributed by atoms with van der Waals surface area (Å²) in [6.07, 6.45) is 3.64. The molecule has 1 heterocycles.